The third-order valence-corrected chi connectivity index (χ3v) is 10.1. The minimum absolute atomic E-state index is 0.0305. The van der Waals surface area contributed by atoms with E-state index in [2.05, 4.69) is 20.4 Å². The molecule has 2 atom stereocenters. The van der Waals surface area contributed by atoms with Crippen molar-refractivity contribution in [2.24, 2.45) is 12.5 Å². The van der Waals surface area contributed by atoms with Crippen molar-refractivity contribution < 1.29 is 35.2 Å². The van der Waals surface area contributed by atoms with Gasteiger partial charge >= 0.3 is 6.18 Å². The van der Waals surface area contributed by atoms with Crippen LogP contribution in [0.5, 0.6) is 0 Å². The Balaban J connectivity index is 1.46. The van der Waals surface area contributed by atoms with Gasteiger partial charge in [0.25, 0.3) is 10.0 Å². The molecule has 0 bridgehead atoms. The van der Waals surface area contributed by atoms with Crippen molar-refractivity contribution in [3.63, 3.8) is 0 Å². The van der Waals surface area contributed by atoms with Crippen LogP contribution < -0.4 is 0 Å². The van der Waals surface area contributed by atoms with E-state index >= 15 is 0 Å². The molecular formula is C29H26F5N7O3S. The van der Waals surface area contributed by atoms with Crippen molar-refractivity contribution >= 4 is 21.9 Å². The van der Waals surface area contributed by atoms with Gasteiger partial charge in [-0.15, -0.1) is 5.10 Å². The van der Waals surface area contributed by atoms with Crippen LogP contribution in [0.1, 0.15) is 46.6 Å². The maximum atomic E-state index is 14.4. The van der Waals surface area contributed by atoms with E-state index in [1.165, 1.54) is 48.4 Å². The number of alkyl halides is 4. The molecule has 1 saturated carbocycles. The van der Waals surface area contributed by atoms with Gasteiger partial charge in [0.2, 0.25) is 5.03 Å². The van der Waals surface area contributed by atoms with Gasteiger partial charge in [0, 0.05) is 25.8 Å². The largest absolute Gasteiger partial charge is 0.416 e. The van der Waals surface area contributed by atoms with Crippen molar-refractivity contribution in [1.29, 1.82) is 0 Å². The second-order valence-corrected chi connectivity index (χ2v) is 12.9. The summed E-state index contributed by atoms with van der Waals surface area (Å²) in [6, 6.07) is 6.15. The first-order valence-corrected chi connectivity index (χ1v) is 15.3. The number of nitrogens with zero attached hydrogens (tertiary/aromatic N) is 7. The lowest BCUT2D eigenvalue weighted by molar-refractivity contribution is -0.137. The summed E-state index contributed by atoms with van der Waals surface area (Å²) in [5.74, 6) is -1.16. The van der Waals surface area contributed by atoms with Crippen LogP contribution in [-0.4, -0.2) is 67.5 Å². The minimum Gasteiger partial charge on any atom is -0.291 e. The van der Waals surface area contributed by atoms with Gasteiger partial charge in [0.15, 0.2) is 5.78 Å². The highest BCUT2D eigenvalue weighted by Crippen LogP contribution is 2.51. The van der Waals surface area contributed by atoms with Crippen molar-refractivity contribution in [1.82, 2.24) is 34.1 Å². The third-order valence-electron chi connectivity index (χ3n) is 8.33. The van der Waals surface area contributed by atoms with E-state index in [1.807, 2.05) is 0 Å². The van der Waals surface area contributed by atoms with Gasteiger partial charge in [-0.25, -0.2) is 21.9 Å². The number of carbonyl (C=O) groups excluding carboxylic acids is 1. The number of fused-ring (bicyclic) bond motifs is 2. The number of sulfonamides is 1. The van der Waals surface area contributed by atoms with Crippen LogP contribution in [0.3, 0.4) is 0 Å². The van der Waals surface area contributed by atoms with Crippen LogP contribution in [0.25, 0.3) is 11.8 Å². The van der Waals surface area contributed by atoms with Crippen LogP contribution in [0.4, 0.5) is 22.0 Å². The molecule has 0 radical (unpaired) electrons. The average Bonchev–Trinajstić information content (AvgIpc) is 3.64. The topological polar surface area (TPSA) is 116 Å². The summed E-state index contributed by atoms with van der Waals surface area (Å²) in [4.78, 5) is 18.4. The maximum absolute atomic E-state index is 14.4. The van der Waals surface area contributed by atoms with Crippen molar-refractivity contribution in [2.75, 3.05) is 13.2 Å². The van der Waals surface area contributed by atoms with E-state index in [9.17, 15) is 35.2 Å². The van der Waals surface area contributed by atoms with Crippen LogP contribution in [0.15, 0.2) is 65.6 Å². The van der Waals surface area contributed by atoms with Crippen LogP contribution in [0.2, 0.25) is 0 Å². The Labute approximate surface area is 254 Å². The van der Waals surface area contributed by atoms with E-state index in [4.69, 9.17) is 0 Å². The molecule has 45 heavy (non-hydrogen) atoms. The fourth-order valence-electron chi connectivity index (χ4n) is 6.24. The molecule has 0 spiro atoms. The summed E-state index contributed by atoms with van der Waals surface area (Å²) in [6.45, 7) is -1.55. The second-order valence-electron chi connectivity index (χ2n) is 11.1. The quantitative estimate of drug-likeness (QED) is 0.203. The number of rotatable bonds is 8. The van der Waals surface area contributed by atoms with Crippen molar-refractivity contribution in [2.45, 2.75) is 42.9 Å². The molecule has 0 amide bonds. The van der Waals surface area contributed by atoms with Crippen molar-refractivity contribution in [3.8, 4) is 5.69 Å². The lowest BCUT2D eigenvalue weighted by Gasteiger charge is -2.46. The Morgan fingerprint density at radius 1 is 1.18 bits per heavy atom. The van der Waals surface area contributed by atoms with Gasteiger partial charge in [-0.2, -0.15) is 22.6 Å². The normalized spacial score (nSPS) is 20.1. The minimum atomic E-state index is -4.73. The van der Waals surface area contributed by atoms with E-state index in [0.717, 1.165) is 16.6 Å². The molecule has 16 heteroatoms. The highest BCUT2D eigenvalue weighted by Gasteiger charge is 2.52. The predicted octanol–water partition coefficient (Wildman–Crippen LogP) is 4.58. The number of allylic oxidation sites excluding steroid dienone is 1. The van der Waals surface area contributed by atoms with Crippen LogP contribution >= 0.6 is 0 Å². The predicted molar refractivity (Wildman–Crippen MR) is 150 cm³/mol. The molecule has 6 rings (SSSR count). The zero-order valence-corrected chi connectivity index (χ0v) is 24.6. The molecule has 2 aliphatic carbocycles. The standard InChI is InChI=1S/C29H26F5N7O3S/c1-39-17-26(37-38-39)45(43,44)40(11-9-30)23-5-2-19-13-25-18(16-36-41(25)22-6-3-21(31)4-7-22)14-28(19,15-23)27(42)24-12-20(8-10-35-24)29(32,33)34/h3-4,6-8,10,12-13,16-17,23H,2,5,9,11,14-15H2,1H3/t23-,28-/m0/s1. The van der Waals surface area contributed by atoms with Crippen LogP contribution in [0, 0.1) is 11.2 Å². The Morgan fingerprint density at radius 3 is 2.60 bits per heavy atom. The SMILES string of the molecule is Cn1cc(S(=O)(=O)N(CCF)[C@H]2CCC3=Cc4c(cnn4-c4ccc(F)cc4)C[C@]3(C(=O)c3cc(C(F)(F)F)ccn3)C2)nn1. The summed E-state index contributed by atoms with van der Waals surface area (Å²) in [7, 11) is -2.89. The molecule has 3 heterocycles. The number of halogens is 5. The molecule has 0 saturated heterocycles. The smallest absolute Gasteiger partial charge is 0.291 e. The van der Waals surface area contributed by atoms with Crippen molar-refractivity contribution in [3.05, 3.63) is 88.9 Å². The number of carbonyl (C=O) groups is 1. The lowest BCUT2D eigenvalue weighted by Crippen LogP contribution is -2.51. The monoisotopic (exact) mass is 647 g/mol. The Hall–Kier alpha value is -4.31. The van der Waals surface area contributed by atoms with Gasteiger partial charge < -0.3 is 0 Å². The fraction of sp³-hybridized carbons (Fsp3) is 0.345. The third kappa shape index (κ3) is 5.45. The fourth-order valence-corrected chi connectivity index (χ4v) is 7.79. The number of hydrogen-bond acceptors (Lipinski definition) is 7. The van der Waals surface area contributed by atoms with E-state index in [0.29, 0.717) is 28.6 Å². The summed E-state index contributed by atoms with van der Waals surface area (Å²) in [5, 5.41) is 11.4. The highest BCUT2D eigenvalue weighted by molar-refractivity contribution is 7.89. The number of ketones is 1. The summed E-state index contributed by atoms with van der Waals surface area (Å²) in [5.41, 5.74) is -0.737. The van der Waals surface area contributed by atoms with E-state index in [-0.39, 0.29) is 25.7 Å². The summed E-state index contributed by atoms with van der Waals surface area (Å²) >= 11 is 0. The Morgan fingerprint density at radius 2 is 1.93 bits per heavy atom. The number of benzene rings is 1. The van der Waals surface area contributed by atoms with Gasteiger partial charge in [-0.05, 0) is 73.7 Å². The van der Waals surface area contributed by atoms with Crippen LogP contribution in [-0.2, 0) is 29.7 Å². The summed E-state index contributed by atoms with van der Waals surface area (Å²) < 4.78 is 99.4. The number of aromatic nitrogens is 6. The van der Waals surface area contributed by atoms with Gasteiger partial charge in [-0.3, -0.25) is 14.5 Å². The lowest BCUT2D eigenvalue weighted by atomic mass is 9.60. The summed E-state index contributed by atoms with van der Waals surface area (Å²) in [6.07, 6.45) is 0.770. The Bertz CT molecular complexity index is 1900. The molecule has 4 aromatic rings. The molecule has 1 aromatic carbocycles. The first-order valence-electron chi connectivity index (χ1n) is 13.9. The molecule has 0 unspecified atom stereocenters. The first-order chi connectivity index (χ1) is 21.3. The molecule has 0 N–H and O–H groups in total. The maximum Gasteiger partial charge on any atom is 0.416 e. The first kappa shape index (κ1) is 30.7. The zero-order valence-electron chi connectivity index (χ0n) is 23.7. The molecular weight excluding hydrogens is 621 g/mol. The number of pyridine rings is 1. The second kappa shape index (κ2) is 11.2. The van der Waals surface area contributed by atoms with Gasteiger partial charge in [0.1, 0.15) is 18.2 Å². The molecule has 1 fully saturated rings. The molecule has 0 aliphatic heterocycles. The number of Topliss-reactive ketones (excluding diaryl/α,β-unsaturated/α-hetero) is 1. The molecule has 10 nitrogen and oxygen atoms in total. The number of aryl methyl sites for hydroxylation is 1. The van der Waals surface area contributed by atoms with Gasteiger partial charge in [0.05, 0.1) is 34.8 Å². The Kier molecular flexibility index (Phi) is 7.67. The molecule has 236 valence electrons. The zero-order chi connectivity index (χ0) is 32.1. The average molecular weight is 648 g/mol. The van der Waals surface area contributed by atoms with E-state index < -0.39 is 68.8 Å². The molecule has 2 aliphatic rings. The van der Waals surface area contributed by atoms with E-state index in [1.54, 1.807) is 10.8 Å². The van der Waals surface area contributed by atoms with Gasteiger partial charge in [-0.1, -0.05) is 10.8 Å². The molecule has 3 aromatic heterocycles. The highest BCUT2D eigenvalue weighted by atomic mass is 32.2. The number of hydrogen-bond donors (Lipinski definition) is 0.